The molecule has 3 aliphatic carbocycles. The monoisotopic (exact) mass is 312 g/mol. The van der Waals surface area contributed by atoms with E-state index in [0.717, 1.165) is 31.2 Å². The predicted molar refractivity (Wildman–Crippen MR) is 91.6 cm³/mol. The molecule has 124 valence electrons. The first-order chi connectivity index (χ1) is 10.9. The Morgan fingerprint density at radius 2 is 2.00 bits per heavy atom. The van der Waals surface area contributed by atoms with Crippen molar-refractivity contribution >= 4 is 5.78 Å². The third kappa shape index (κ3) is 2.10. The van der Waals surface area contributed by atoms with Crippen molar-refractivity contribution < 1.29 is 9.90 Å². The molecule has 1 N–H and O–H groups in total. The van der Waals surface area contributed by atoms with Gasteiger partial charge in [-0.05, 0) is 92.7 Å². The summed E-state index contributed by atoms with van der Waals surface area (Å²) < 4.78 is 0. The van der Waals surface area contributed by atoms with Gasteiger partial charge in [0.25, 0.3) is 0 Å². The fourth-order valence-electron chi connectivity index (χ4n) is 6.53. The first kappa shape index (κ1) is 15.2. The van der Waals surface area contributed by atoms with Gasteiger partial charge in [-0.2, -0.15) is 0 Å². The van der Waals surface area contributed by atoms with Crippen LogP contribution in [0.15, 0.2) is 12.1 Å². The van der Waals surface area contributed by atoms with Crippen LogP contribution in [0.4, 0.5) is 0 Å². The molecule has 5 atom stereocenters. The first-order valence-corrected chi connectivity index (χ1v) is 9.24. The molecular formula is C21H28O2. The lowest BCUT2D eigenvalue weighted by Crippen LogP contribution is -2.43. The summed E-state index contributed by atoms with van der Waals surface area (Å²) in [7, 11) is 0. The molecule has 1 aromatic carbocycles. The lowest BCUT2D eigenvalue weighted by molar-refractivity contribution is -0.125. The number of ketones is 1. The van der Waals surface area contributed by atoms with E-state index in [1.807, 2.05) is 6.07 Å². The molecule has 0 saturated heterocycles. The van der Waals surface area contributed by atoms with Gasteiger partial charge in [0.15, 0.2) is 0 Å². The quantitative estimate of drug-likeness (QED) is 0.811. The maximum Gasteiger partial charge on any atom is 0.133 e. The first-order valence-electron chi connectivity index (χ1n) is 9.24. The van der Waals surface area contributed by atoms with E-state index in [1.54, 1.807) is 6.92 Å². The maximum absolute atomic E-state index is 12.1. The fraction of sp³-hybridized carbons (Fsp3) is 0.667. The third-order valence-electron chi connectivity index (χ3n) is 7.43. The van der Waals surface area contributed by atoms with Gasteiger partial charge >= 0.3 is 0 Å². The van der Waals surface area contributed by atoms with E-state index in [1.165, 1.54) is 24.0 Å². The van der Waals surface area contributed by atoms with Gasteiger partial charge in [0.2, 0.25) is 0 Å². The second kappa shape index (κ2) is 5.09. The number of hydrogen-bond donors (Lipinski definition) is 1. The van der Waals surface area contributed by atoms with Crippen molar-refractivity contribution in [3.05, 3.63) is 28.8 Å². The summed E-state index contributed by atoms with van der Waals surface area (Å²) >= 11 is 0. The average Bonchev–Trinajstić information content (AvgIpc) is 2.83. The number of carbonyl (C=O) groups is 1. The molecule has 0 amide bonds. The van der Waals surface area contributed by atoms with E-state index in [2.05, 4.69) is 19.9 Å². The summed E-state index contributed by atoms with van der Waals surface area (Å²) in [6, 6.07) is 4.20. The summed E-state index contributed by atoms with van der Waals surface area (Å²) in [5.41, 5.74) is 3.97. The molecule has 2 fully saturated rings. The number of fused-ring (bicyclic) bond motifs is 5. The molecule has 2 heteroatoms. The van der Waals surface area contributed by atoms with Crippen LogP contribution < -0.4 is 0 Å². The molecule has 5 unspecified atom stereocenters. The molecule has 0 heterocycles. The number of Topliss-reactive ketones (excluding diaryl/α,β-unsaturated/α-hetero) is 1. The molecule has 2 saturated carbocycles. The minimum absolute atomic E-state index is 0.199. The van der Waals surface area contributed by atoms with Crippen LogP contribution >= 0.6 is 0 Å². The van der Waals surface area contributed by atoms with Gasteiger partial charge in [0.05, 0.1) is 0 Å². The van der Waals surface area contributed by atoms with E-state index >= 15 is 0 Å². The van der Waals surface area contributed by atoms with Gasteiger partial charge in [-0.15, -0.1) is 0 Å². The Morgan fingerprint density at radius 3 is 2.74 bits per heavy atom. The summed E-state index contributed by atoms with van der Waals surface area (Å²) in [5.74, 6) is 2.98. The molecule has 0 bridgehead atoms. The van der Waals surface area contributed by atoms with Crippen molar-refractivity contribution in [3.8, 4) is 5.75 Å². The van der Waals surface area contributed by atoms with Gasteiger partial charge in [-0.25, -0.2) is 0 Å². The van der Waals surface area contributed by atoms with Crippen LogP contribution in [0.3, 0.4) is 0 Å². The van der Waals surface area contributed by atoms with Crippen LogP contribution in [0.5, 0.6) is 5.75 Å². The van der Waals surface area contributed by atoms with Crippen molar-refractivity contribution in [2.45, 2.75) is 65.2 Å². The highest BCUT2D eigenvalue weighted by atomic mass is 16.3. The molecular weight excluding hydrogens is 284 g/mol. The number of hydrogen-bond acceptors (Lipinski definition) is 2. The average molecular weight is 312 g/mol. The van der Waals surface area contributed by atoms with Crippen LogP contribution in [0.2, 0.25) is 0 Å². The van der Waals surface area contributed by atoms with Crippen molar-refractivity contribution in [1.82, 2.24) is 0 Å². The lowest BCUT2D eigenvalue weighted by Gasteiger charge is -2.50. The number of benzene rings is 1. The number of aryl methyl sites for hydroxylation is 2. The van der Waals surface area contributed by atoms with Crippen LogP contribution in [0.25, 0.3) is 0 Å². The highest BCUT2D eigenvalue weighted by Crippen LogP contribution is 2.63. The van der Waals surface area contributed by atoms with E-state index in [4.69, 9.17) is 0 Å². The molecule has 0 spiro atoms. The van der Waals surface area contributed by atoms with E-state index in [0.29, 0.717) is 29.3 Å². The Hall–Kier alpha value is -1.31. The minimum atomic E-state index is 0.199. The standard InChI is InChI=1S/C21H28O2/c1-12-10-14-4-5-15-16(20(14)19(23)11-12)8-9-21(3)17(13(2)22)6-7-18(15)21/h10-11,15-18,23H,4-9H2,1-3H3. The summed E-state index contributed by atoms with van der Waals surface area (Å²) in [6.45, 7) is 6.23. The summed E-state index contributed by atoms with van der Waals surface area (Å²) in [5, 5.41) is 10.6. The van der Waals surface area contributed by atoms with Gasteiger partial charge in [-0.3, -0.25) is 4.79 Å². The number of carbonyl (C=O) groups excluding carboxylic acids is 1. The van der Waals surface area contributed by atoms with E-state index in [9.17, 15) is 9.90 Å². The molecule has 0 radical (unpaired) electrons. The predicted octanol–water partition coefficient (Wildman–Crippen LogP) is 4.76. The van der Waals surface area contributed by atoms with Crippen molar-refractivity contribution in [1.29, 1.82) is 0 Å². The Labute approximate surface area is 139 Å². The van der Waals surface area contributed by atoms with Crippen LogP contribution in [0.1, 0.15) is 68.6 Å². The molecule has 3 aliphatic rings. The summed E-state index contributed by atoms with van der Waals surface area (Å²) in [6.07, 6.45) is 6.85. The highest BCUT2D eigenvalue weighted by Gasteiger charge is 2.56. The number of phenols is 1. The fourth-order valence-corrected chi connectivity index (χ4v) is 6.53. The van der Waals surface area contributed by atoms with Crippen LogP contribution in [0, 0.1) is 30.1 Å². The smallest absolute Gasteiger partial charge is 0.133 e. The zero-order chi connectivity index (χ0) is 16.4. The van der Waals surface area contributed by atoms with Crippen LogP contribution in [-0.2, 0) is 11.2 Å². The SMILES string of the molecule is CC(=O)C1CCC2C3CCc4cc(C)cc(O)c4C3CCC12C. The number of rotatable bonds is 1. The Morgan fingerprint density at radius 1 is 1.22 bits per heavy atom. The lowest BCUT2D eigenvalue weighted by atomic mass is 9.54. The van der Waals surface area contributed by atoms with Gasteiger partial charge in [-0.1, -0.05) is 13.0 Å². The summed E-state index contributed by atoms with van der Waals surface area (Å²) in [4.78, 5) is 12.1. The number of aromatic hydroxyl groups is 1. The largest absolute Gasteiger partial charge is 0.508 e. The topological polar surface area (TPSA) is 37.3 Å². The third-order valence-corrected chi connectivity index (χ3v) is 7.43. The van der Waals surface area contributed by atoms with Gasteiger partial charge in [0, 0.05) is 11.5 Å². The Kier molecular flexibility index (Phi) is 3.37. The maximum atomic E-state index is 12.1. The van der Waals surface area contributed by atoms with Crippen molar-refractivity contribution in [2.75, 3.05) is 0 Å². The normalized spacial score (nSPS) is 38.6. The Balaban J connectivity index is 1.72. The molecule has 2 nitrogen and oxygen atoms in total. The minimum Gasteiger partial charge on any atom is -0.508 e. The van der Waals surface area contributed by atoms with Crippen molar-refractivity contribution in [3.63, 3.8) is 0 Å². The second-order valence-corrected chi connectivity index (χ2v) is 8.56. The van der Waals surface area contributed by atoms with Gasteiger partial charge < -0.3 is 5.11 Å². The molecule has 23 heavy (non-hydrogen) atoms. The molecule has 0 aromatic heterocycles. The van der Waals surface area contributed by atoms with Crippen LogP contribution in [-0.4, -0.2) is 10.9 Å². The van der Waals surface area contributed by atoms with E-state index < -0.39 is 0 Å². The second-order valence-electron chi connectivity index (χ2n) is 8.56. The highest BCUT2D eigenvalue weighted by molar-refractivity contribution is 5.79. The number of phenolic OH excluding ortho intramolecular Hbond substituents is 1. The van der Waals surface area contributed by atoms with E-state index in [-0.39, 0.29) is 11.3 Å². The van der Waals surface area contributed by atoms with Crippen molar-refractivity contribution in [2.24, 2.45) is 23.2 Å². The Bertz CT molecular complexity index is 662. The molecule has 4 rings (SSSR count). The molecule has 1 aromatic rings. The molecule has 0 aliphatic heterocycles. The van der Waals surface area contributed by atoms with Gasteiger partial charge in [0.1, 0.15) is 11.5 Å². The zero-order valence-electron chi connectivity index (χ0n) is 14.6. The zero-order valence-corrected chi connectivity index (χ0v) is 14.6.